The quantitative estimate of drug-likeness (QED) is 0.662. The van der Waals surface area contributed by atoms with E-state index >= 15 is 0 Å². The predicted molar refractivity (Wildman–Crippen MR) is 77.5 cm³/mol. The van der Waals surface area contributed by atoms with Gasteiger partial charge in [-0.2, -0.15) is 0 Å². The molecular weight excluding hydrogens is 206 g/mol. The fourth-order valence-corrected chi connectivity index (χ4v) is 1.56. The van der Waals surface area contributed by atoms with Crippen LogP contribution in [0.3, 0.4) is 0 Å². The first kappa shape index (κ1) is 13.4. The van der Waals surface area contributed by atoms with Gasteiger partial charge >= 0.3 is 0 Å². The van der Waals surface area contributed by atoms with Gasteiger partial charge in [0.05, 0.1) is 6.04 Å². The third-order valence-corrected chi connectivity index (χ3v) is 2.50. The van der Waals surface area contributed by atoms with E-state index in [1.54, 1.807) is 0 Å². The predicted octanol–water partition coefficient (Wildman–Crippen LogP) is 4.41. The summed E-state index contributed by atoms with van der Waals surface area (Å²) in [6.07, 6.45) is 19.7. The van der Waals surface area contributed by atoms with E-state index < -0.39 is 0 Å². The Kier molecular flexibility index (Phi) is 6.02. The van der Waals surface area contributed by atoms with Crippen LogP contribution in [-0.2, 0) is 0 Å². The maximum Gasteiger partial charge on any atom is 0.0723 e. The summed E-state index contributed by atoms with van der Waals surface area (Å²) in [7, 11) is 0. The molecule has 0 N–H and O–H groups in total. The van der Waals surface area contributed by atoms with Gasteiger partial charge < -0.3 is 0 Å². The minimum atomic E-state index is 0.198. The van der Waals surface area contributed by atoms with Gasteiger partial charge in [0.2, 0.25) is 0 Å². The summed E-state index contributed by atoms with van der Waals surface area (Å²) in [6, 6.07) is 0.198. The number of rotatable bonds is 2. The Bertz CT molecular complexity index is 403. The Morgan fingerprint density at radius 3 is 2.59 bits per heavy atom. The topological polar surface area (TPSA) is 12.4 Å². The maximum absolute atomic E-state index is 4.64. The molecule has 1 aliphatic rings. The molecule has 0 aromatic carbocycles. The monoisotopic (exact) mass is 227 g/mol. The average molecular weight is 227 g/mol. The molecule has 17 heavy (non-hydrogen) atoms. The lowest BCUT2D eigenvalue weighted by Gasteiger charge is -2.08. The van der Waals surface area contributed by atoms with Crippen molar-refractivity contribution < 1.29 is 0 Å². The lowest BCUT2D eigenvalue weighted by atomic mass is 10.1. The highest BCUT2D eigenvalue weighted by Crippen LogP contribution is 2.10. The molecule has 0 saturated carbocycles. The van der Waals surface area contributed by atoms with Gasteiger partial charge in [-0.25, -0.2) is 0 Å². The van der Waals surface area contributed by atoms with Crippen LogP contribution < -0.4 is 0 Å². The minimum absolute atomic E-state index is 0.198. The van der Waals surface area contributed by atoms with Crippen molar-refractivity contribution in [1.29, 1.82) is 0 Å². The van der Waals surface area contributed by atoms with Gasteiger partial charge in [-0.05, 0) is 31.9 Å². The molecule has 0 aliphatic carbocycles. The molecular formula is C16H21N. The van der Waals surface area contributed by atoms with E-state index in [9.17, 15) is 0 Å². The van der Waals surface area contributed by atoms with Gasteiger partial charge in [0.1, 0.15) is 0 Å². The molecule has 0 fully saturated rings. The van der Waals surface area contributed by atoms with Crippen molar-refractivity contribution in [3.8, 4) is 0 Å². The average Bonchev–Trinajstić information content (AvgIpc) is 2.30. The van der Waals surface area contributed by atoms with Crippen LogP contribution in [0.1, 0.15) is 27.2 Å². The Hall–Kier alpha value is -1.63. The molecule has 0 saturated heterocycles. The van der Waals surface area contributed by atoms with Crippen molar-refractivity contribution in [2.45, 2.75) is 33.2 Å². The number of aliphatic imine (C=N–C) groups is 1. The summed E-state index contributed by atoms with van der Waals surface area (Å²) in [6.45, 7) is 6.29. The van der Waals surface area contributed by atoms with Gasteiger partial charge in [-0.3, -0.25) is 4.99 Å². The molecule has 1 heteroatoms. The number of hydrogen-bond acceptors (Lipinski definition) is 1. The number of nitrogens with zero attached hydrogens (tertiary/aromatic N) is 1. The van der Waals surface area contributed by atoms with Crippen molar-refractivity contribution >= 4 is 5.71 Å². The lowest BCUT2D eigenvalue weighted by molar-refractivity contribution is 0.886. The second kappa shape index (κ2) is 7.61. The van der Waals surface area contributed by atoms with Crippen LogP contribution in [0.5, 0.6) is 0 Å². The first-order chi connectivity index (χ1) is 8.24. The Morgan fingerprint density at radius 1 is 1.18 bits per heavy atom. The van der Waals surface area contributed by atoms with Crippen LogP contribution in [0, 0.1) is 0 Å². The zero-order valence-electron chi connectivity index (χ0n) is 10.9. The second-order valence-electron chi connectivity index (χ2n) is 4.05. The van der Waals surface area contributed by atoms with Crippen LogP contribution in [0.4, 0.5) is 0 Å². The van der Waals surface area contributed by atoms with Gasteiger partial charge in [0.15, 0.2) is 0 Å². The summed E-state index contributed by atoms with van der Waals surface area (Å²) in [5.41, 5.74) is 2.29. The van der Waals surface area contributed by atoms with Gasteiger partial charge in [-0.1, -0.05) is 55.5 Å². The van der Waals surface area contributed by atoms with E-state index in [1.165, 1.54) is 5.57 Å². The zero-order valence-corrected chi connectivity index (χ0v) is 10.9. The van der Waals surface area contributed by atoms with Crippen LogP contribution in [0.2, 0.25) is 0 Å². The highest BCUT2D eigenvalue weighted by Gasteiger charge is 2.03. The lowest BCUT2D eigenvalue weighted by Crippen LogP contribution is -2.04. The van der Waals surface area contributed by atoms with E-state index in [4.69, 9.17) is 0 Å². The second-order valence-corrected chi connectivity index (χ2v) is 4.05. The molecule has 1 unspecified atom stereocenters. The first-order valence-electron chi connectivity index (χ1n) is 6.16. The minimum Gasteiger partial charge on any atom is -0.282 e. The third-order valence-electron chi connectivity index (χ3n) is 2.50. The first-order valence-corrected chi connectivity index (χ1v) is 6.16. The fourth-order valence-electron chi connectivity index (χ4n) is 1.56. The summed E-state index contributed by atoms with van der Waals surface area (Å²) in [5, 5.41) is 0. The van der Waals surface area contributed by atoms with Crippen LogP contribution in [-0.4, -0.2) is 11.8 Å². The standard InChI is InChI=1S/C16H21N/c1-4-5-8-12-16-13-10-7-6-9-11-14(2)17-15(16)3/h5-13,15H,4H2,1-3H3/b7-6-,8-5-,11-9-,13-10+,16-12-,17-14+. The summed E-state index contributed by atoms with van der Waals surface area (Å²) < 4.78 is 0. The maximum atomic E-state index is 4.64. The fraction of sp³-hybridized carbons (Fsp3) is 0.312. The molecule has 0 radical (unpaired) electrons. The van der Waals surface area contributed by atoms with Crippen LogP contribution in [0.25, 0.3) is 0 Å². The molecule has 0 amide bonds. The summed E-state index contributed by atoms with van der Waals surface area (Å²) in [4.78, 5) is 4.64. The number of allylic oxidation sites excluding steroid dienone is 8. The van der Waals surface area contributed by atoms with Gasteiger partial charge in [0, 0.05) is 5.71 Å². The summed E-state index contributed by atoms with van der Waals surface area (Å²) in [5.74, 6) is 0. The largest absolute Gasteiger partial charge is 0.282 e. The summed E-state index contributed by atoms with van der Waals surface area (Å²) >= 11 is 0. The Balaban J connectivity index is 2.97. The Morgan fingerprint density at radius 2 is 1.88 bits per heavy atom. The molecule has 0 aromatic rings. The van der Waals surface area contributed by atoms with E-state index in [1.807, 2.05) is 31.2 Å². The van der Waals surface area contributed by atoms with E-state index in [0.717, 1.165) is 12.1 Å². The highest BCUT2D eigenvalue weighted by atomic mass is 14.8. The Labute approximate surface area is 105 Å². The molecule has 1 aliphatic heterocycles. The van der Waals surface area contributed by atoms with Crippen molar-refractivity contribution in [2.75, 3.05) is 0 Å². The van der Waals surface area contributed by atoms with Gasteiger partial charge in [-0.15, -0.1) is 0 Å². The van der Waals surface area contributed by atoms with E-state index in [2.05, 4.69) is 49.2 Å². The molecule has 1 nitrogen and oxygen atoms in total. The van der Waals surface area contributed by atoms with Crippen LogP contribution in [0.15, 0.2) is 65.2 Å². The van der Waals surface area contributed by atoms with Gasteiger partial charge in [0.25, 0.3) is 0 Å². The molecule has 0 spiro atoms. The van der Waals surface area contributed by atoms with E-state index in [0.29, 0.717) is 0 Å². The third kappa shape index (κ3) is 5.30. The van der Waals surface area contributed by atoms with Crippen molar-refractivity contribution in [2.24, 2.45) is 4.99 Å². The zero-order chi connectivity index (χ0) is 12.5. The molecule has 1 heterocycles. The SMILES string of the molecule is CC\C=C/C=C1/C=C/C=C\C=C/C(C)=N/C1C. The molecule has 1 rings (SSSR count). The highest BCUT2D eigenvalue weighted by molar-refractivity contribution is 5.93. The molecule has 0 aromatic heterocycles. The molecule has 0 bridgehead atoms. The van der Waals surface area contributed by atoms with Crippen molar-refractivity contribution in [3.05, 3.63) is 60.3 Å². The van der Waals surface area contributed by atoms with E-state index in [-0.39, 0.29) is 6.04 Å². The molecule has 1 atom stereocenters. The normalized spacial score (nSPS) is 32.1. The molecule has 90 valence electrons. The van der Waals surface area contributed by atoms with Crippen molar-refractivity contribution in [1.82, 2.24) is 0 Å². The van der Waals surface area contributed by atoms with Crippen molar-refractivity contribution in [3.63, 3.8) is 0 Å². The smallest absolute Gasteiger partial charge is 0.0723 e. The number of hydrogen-bond donors (Lipinski definition) is 0. The van der Waals surface area contributed by atoms with Crippen LogP contribution >= 0.6 is 0 Å².